The first-order valence-electron chi connectivity index (χ1n) is 9.16. The molecular weight excluding hydrogens is 336 g/mol. The Bertz CT molecular complexity index is 593. The van der Waals surface area contributed by atoms with Crippen LogP contribution in [0.1, 0.15) is 41.4 Å². The maximum absolute atomic E-state index is 11.4. The first kappa shape index (κ1) is 19.0. The summed E-state index contributed by atoms with van der Waals surface area (Å²) in [5.74, 6) is 0.143. The number of Topliss-reactive ketones (excluding diaryl/α,β-unsaturated/α-hetero) is 1. The zero-order chi connectivity index (χ0) is 18.0. The number of likely N-dealkylation sites (tertiary alicyclic amines) is 1. The van der Waals surface area contributed by atoms with Crippen molar-refractivity contribution in [3.63, 3.8) is 0 Å². The third-order valence-corrected chi connectivity index (χ3v) is 6.87. The Labute approximate surface area is 154 Å². The Morgan fingerprint density at radius 3 is 2.72 bits per heavy atom. The second kappa shape index (κ2) is 7.84. The van der Waals surface area contributed by atoms with Crippen LogP contribution in [0, 0.1) is 5.41 Å². The van der Waals surface area contributed by atoms with Gasteiger partial charge in [0, 0.05) is 24.9 Å². The molecule has 0 radical (unpaired) electrons. The molecule has 1 aliphatic carbocycles. The van der Waals surface area contributed by atoms with Crippen LogP contribution in [0.5, 0.6) is 0 Å². The molecule has 0 aromatic carbocycles. The molecule has 6 heteroatoms. The van der Waals surface area contributed by atoms with E-state index in [0.29, 0.717) is 0 Å². The fourth-order valence-corrected chi connectivity index (χ4v) is 4.83. The van der Waals surface area contributed by atoms with Crippen LogP contribution in [0.2, 0.25) is 0 Å². The van der Waals surface area contributed by atoms with Crippen molar-refractivity contribution in [2.24, 2.45) is 5.41 Å². The van der Waals surface area contributed by atoms with Gasteiger partial charge in [-0.2, -0.15) is 0 Å². The monoisotopic (exact) mass is 366 g/mol. The van der Waals surface area contributed by atoms with Gasteiger partial charge in [-0.3, -0.25) is 9.69 Å². The summed E-state index contributed by atoms with van der Waals surface area (Å²) in [4.78, 5) is 16.8. The highest BCUT2D eigenvalue weighted by Gasteiger charge is 2.56. The van der Waals surface area contributed by atoms with Crippen molar-refractivity contribution in [2.45, 2.75) is 44.9 Å². The molecule has 140 valence electrons. The molecule has 0 unspecified atom stereocenters. The van der Waals surface area contributed by atoms with E-state index in [0.717, 1.165) is 56.9 Å². The maximum Gasteiger partial charge on any atom is 0.169 e. The lowest BCUT2D eigenvalue weighted by molar-refractivity contribution is -0.212. The van der Waals surface area contributed by atoms with Crippen LogP contribution >= 0.6 is 11.3 Å². The van der Waals surface area contributed by atoms with Gasteiger partial charge in [0.2, 0.25) is 0 Å². The number of piperidine rings is 1. The Morgan fingerprint density at radius 1 is 1.44 bits per heavy atom. The molecule has 1 saturated carbocycles. The van der Waals surface area contributed by atoms with Crippen molar-refractivity contribution in [3.8, 4) is 0 Å². The van der Waals surface area contributed by atoms with Crippen molar-refractivity contribution < 1.29 is 14.6 Å². The van der Waals surface area contributed by atoms with E-state index < -0.39 is 0 Å². The van der Waals surface area contributed by atoms with Gasteiger partial charge in [0.05, 0.1) is 23.7 Å². The zero-order valence-corrected chi connectivity index (χ0v) is 16.3. The van der Waals surface area contributed by atoms with E-state index in [1.165, 1.54) is 16.9 Å². The Balaban J connectivity index is 1.50. The first-order valence-corrected chi connectivity index (χ1v) is 10.0. The molecule has 0 bridgehead atoms. The average Bonchev–Trinajstić information content (AvgIpc) is 3.03. The van der Waals surface area contributed by atoms with Crippen LogP contribution in [0.3, 0.4) is 0 Å². The molecule has 0 amide bonds. The molecule has 2 fully saturated rings. The minimum absolute atomic E-state index is 0.0397. The smallest absolute Gasteiger partial charge is 0.169 e. The van der Waals surface area contributed by atoms with Crippen molar-refractivity contribution >= 4 is 17.1 Å². The number of rotatable bonds is 7. The molecule has 5 nitrogen and oxygen atoms in total. The van der Waals surface area contributed by atoms with Gasteiger partial charge in [0.15, 0.2) is 5.78 Å². The summed E-state index contributed by atoms with van der Waals surface area (Å²) in [5.41, 5.74) is 1.18. The lowest BCUT2D eigenvalue weighted by Gasteiger charge is -2.56. The number of ketones is 1. The van der Waals surface area contributed by atoms with Crippen molar-refractivity contribution in [1.82, 2.24) is 9.80 Å². The molecule has 1 saturated heterocycles. The number of carbonyl (C=O) groups is 1. The van der Waals surface area contributed by atoms with Crippen molar-refractivity contribution in [3.05, 3.63) is 21.9 Å². The predicted molar refractivity (Wildman–Crippen MR) is 100 cm³/mol. The molecule has 2 heterocycles. The standard InChI is InChI=1S/C19H30N2O3S/c1-14(22)16-10-15(13-25-16)12-21-6-4-19(5-7-21)17(23)11-18(19)24-9-8-20(2)3/h10,13,17-18,23H,4-9,11-12H2,1-3H3/t17-,18+/m0/s1. The van der Waals surface area contributed by atoms with E-state index >= 15 is 0 Å². The summed E-state index contributed by atoms with van der Waals surface area (Å²) in [6.07, 6.45) is 2.74. The number of hydrogen-bond donors (Lipinski definition) is 1. The molecule has 1 aliphatic heterocycles. The zero-order valence-electron chi connectivity index (χ0n) is 15.5. The van der Waals surface area contributed by atoms with Gasteiger partial charge in [-0.15, -0.1) is 11.3 Å². The first-order chi connectivity index (χ1) is 11.9. The van der Waals surface area contributed by atoms with Gasteiger partial charge in [-0.05, 0) is 64.0 Å². The minimum atomic E-state index is -0.218. The van der Waals surface area contributed by atoms with E-state index in [9.17, 15) is 9.90 Å². The number of carbonyl (C=O) groups excluding carboxylic acids is 1. The third kappa shape index (κ3) is 4.14. The van der Waals surface area contributed by atoms with Gasteiger partial charge in [-0.25, -0.2) is 0 Å². The summed E-state index contributed by atoms with van der Waals surface area (Å²) in [7, 11) is 4.10. The average molecular weight is 367 g/mol. The van der Waals surface area contributed by atoms with Crippen molar-refractivity contribution in [1.29, 1.82) is 0 Å². The lowest BCUT2D eigenvalue weighted by Crippen LogP contribution is -2.62. The van der Waals surface area contributed by atoms with E-state index in [1.807, 2.05) is 6.07 Å². The molecule has 25 heavy (non-hydrogen) atoms. The number of hydrogen-bond acceptors (Lipinski definition) is 6. The number of nitrogens with zero attached hydrogens (tertiary/aromatic N) is 2. The Kier molecular flexibility index (Phi) is 5.96. The number of ether oxygens (including phenoxy) is 1. The molecule has 1 spiro atoms. The van der Waals surface area contributed by atoms with Crippen LogP contribution in [0.4, 0.5) is 0 Å². The lowest BCUT2D eigenvalue weighted by atomic mass is 9.58. The van der Waals surface area contributed by atoms with Gasteiger partial charge < -0.3 is 14.7 Å². The summed E-state index contributed by atoms with van der Waals surface area (Å²) in [5, 5.41) is 12.5. The van der Waals surface area contributed by atoms with Crippen LogP contribution < -0.4 is 0 Å². The van der Waals surface area contributed by atoms with E-state index in [1.54, 1.807) is 6.92 Å². The fraction of sp³-hybridized carbons (Fsp3) is 0.737. The topological polar surface area (TPSA) is 53.0 Å². The minimum Gasteiger partial charge on any atom is -0.392 e. The second-order valence-corrected chi connectivity index (χ2v) is 8.71. The summed E-state index contributed by atoms with van der Waals surface area (Å²) < 4.78 is 6.08. The second-order valence-electron chi connectivity index (χ2n) is 7.80. The normalized spacial score (nSPS) is 26.1. The highest BCUT2D eigenvalue weighted by atomic mass is 32.1. The van der Waals surface area contributed by atoms with E-state index in [-0.39, 0.29) is 23.4 Å². The van der Waals surface area contributed by atoms with Crippen molar-refractivity contribution in [2.75, 3.05) is 40.3 Å². The SMILES string of the molecule is CC(=O)c1cc(CN2CCC3(CC2)[C@@H](O)C[C@H]3OCCN(C)C)cs1. The third-order valence-electron chi connectivity index (χ3n) is 5.79. The van der Waals surface area contributed by atoms with Crippen LogP contribution in [-0.2, 0) is 11.3 Å². The van der Waals surface area contributed by atoms with Gasteiger partial charge in [0.25, 0.3) is 0 Å². The maximum atomic E-state index is 11.4. The number of thiophene rings is 1. The number of likely N-dealkylation sites (N-methyl/N-ethyl adjacent to an activating group) is 1. The van der Waals surface area contributed by atoms with E-state index in [2.05, 4.69) is 29.3 Å². The molecular formula is C19H30N2O3S. The predicted octanol–water partition coefficient (Wildman–Crippen LogP) is 2.24. The highest BCUT2D eigenvalue weighted by molar-refractivity contribution is 7.12. The number of aliphatic hydroxyl groups is 1. The van der Waals surface area contributed by atoms with Crippen LogP contribution in [-0.4, -0.2) is 73.2 Å². The molecule has 1 aromatic heterocycles. The molecule has 1 N–H and O–H groups in total. The van der Waals surface area contributed by atoms with Gasteiger partial charge >= 0.3 is 0 Å². The van der Waals surface area contributed by atoms with E-state index in [4.69, 9.17) is 4.74 Å². The fourth-order valence-electron chi connectivity index (χ4n) is 4.02. The summed E-state index contributed by atoms with van der Waals surface area (Å²) in [6, 6.07) is 2.02. The highest BCUT2D eigenvalue weighted by Crippen LogP contribution is 2.51. The van der Waals surface area contributed by atoms with Crippen LogP contribution in [0.25, 0.3) is 0 Å². The Morgan fingerprint density at radius 2 is 2.16 bits per heavy atom. The largest absolute Gasteiger partial charge is 0.392 e. The molecule has 1 aromatic rings. The van der Waals surface area contributed by atoms with Gasteiger partial charge in [0.1, 0.15) is 0 Å². The molecule has 2 atom stereocenters. The number of aliphatic hydroxyl groups excluding tert-OH is 1. The summed E-state index contributed by atoms with van der Waals surface area (Å²) >= 11 is 1.53. The quantitative estimate of drug-likeness (QED) is 0.750. The summed E-state index contributed by atoms with van der Waals surface area (Å²) in [6.45, 7) is 6.13. The Hall–Kier alpha value is -0.790. The molecule has 2 aliphatic rings. The molecule has 3 rings (SSSR count). The van der Waals surface area contributed by atoms with Gasteiger partial charge in [-0.1, -0.05) is 0 Å². The van der Waals surface area contributed by atoms with Crippen LogP contribution in [0.15, 0.2) is 11.4 Å².